The van der Waals surface area contributed by atoms with Crippen LogP contribution >= 0.6 is 0 Å². The van der Waals surface area contributed by atoms with Gasteiger partial charge in [-0.15, -0.1) is 0 Å². The first kappa shape index (κ1) is 26.0. The highest BCUT2D eigenvalue weighted by Crippen LogP contribution is 2.34. The Morgan fingerprint density at radius 3 is 1.88 bits per heavy atom. The van der Waals surface area contributed by atoms with Gasteiger partial charge in [0, 0.05) is 11.8 Å². The molecule has 33 heavy (non-hydrogen) atoms. The van der Waals surface area contributed by atoms with Crippen molar-refractivity contribution in [2.45, 2.75) is 123 Å². The average Bonchev–Trinajstić information content (AvgIpc) is 2.86. The van der Waals surface area contributed by atoms with Crippen LogP contribution in [0.4, 0.5) is 0 Å². The lowest BCUT2D eigenvalue weighted by atomic mass is 9.77. The van der Waals surface area contributed by atoms with Crippen LogP contribution in [0.2, 0.25) is 0 Å². The largest absolute Gasteiger partial charge is 0.256 e. The number of benzene rings is 1. The second kappa shape index (κ2) is 15.3. The Bertz CT molecular complexity index is 737. The van der Waals surface area contributed by atoms with Gasteiger partial charge in [0.15, 0.2) is 0 Å². The zero-order valence-corrected chi connectivity index (χ0v) is 21.7. The van der Waals surface area contributed by atoms with Crippen molar-refractivity contribution >= 4 is 0 Å². The fourth-order valence-electron chi connectivity index (χ4n) is 5.56. The molecule has 1 nitrogen and oxygen atoms in total. The zero-order valence-electron chi connectivity index (χ0n) is 21.7. The Labute approximate surface area is 204 Å². The minimum Gasteiger partial charge on any atom is -0.256 e. The molecule has 0 spiro atoms. The van der Waals surface area contributed by atoms with Crippen LogP contribution in [-0.2, 0) is 12.8 Å². The van der Waals surface area contributed by atoms with Gasteiger partial charge in [-0.1, -0.05) is 128 Å². The number of hydrogen-bond acceptors (Lipinski definition) is 1. The molecule has 0 saturated heterocycles. The summed E-state index contributed by atoms with van der Waals surface area (Å²) in [6.07, 6.45) is 25.7. The van der Waals surface area contributed by atoms with Crippen LogP contribution in [-0.4, -0.2) is 4.98 Å². The van der Waals surface area contributed by atoms with E-state index in [2.05, 4.69) is 56.4 Å². The third kappa shape index (κ3) is 9.63. The van der Waals surface area contributed by atoms with Gasteiger partial charge < -0.3 is 0 Å². The van der Waals surface area contributed by atoms with Crippen molar-refractivity contribution in [2.24, 2.45) is 11.8 Å². The smallest absolute Gasteiger partial charge is 0.0702 e. The second-order valence-electron chi connectivity index (χ2n) is 10.7. The lowest BCUT2D eigenvalue weighted by Gasteiger charge is -2.28. The second-order valence-corrected chi connectivity index (χ2v) is 10.7. The third-order valence-electron chi connectivity index (χ3n) is 7.92. The van der Waals surface area contributed by atoms with Crippen molar-refractivity contribution in [3.05, 3.63) is 53.7 Å². The van der Waals surface area contributed by atoms with Crippen molar-refractivity contribution in [1.29, 1.82) is 0 Å². The number of pyridine rings is 1. The molecule has 1 heterocycles. The van der Waals surface area contributed by atoms with Crippen LogP contribution < -0.4 is 0 Å². The normalized spacial score (nSPS) is 18.5. The molecular weight excluding hydrogens is 398 g/mol. The first-order valence-corrected chi connectivity index (χ1v) is 14.3. The summed E-state index contributed by atoms with van der Waals surface area (Å²) < 4.78 is 0. The maximum Gasteiger partial charge on any atom is 0.0702 e. The van der Waals surface area contributed by atoms with Gasteiger partial charge in [-0.05, 0) is 54.7 Å². The van der Waals surface area contributed by atoms with Gasteiger partial charge in [0.05, 0.1) is 5.69 Å². The molecule has 0 amide bonds. The summed E-state index contributed by atoms with van der Waals surface area (Å²) in [5.74, 6) is 1.98. The predicted molar refractivity (Wildman–Crippen MR) is 145 cm³/mol. The molecule has 1 saturated carbocycles. The molecule has 0 aliphatic heterocycles. The van der Waals surface area contributed by atoms with E-state index in [0.717, 1.165) is 24.0 Å². The van der Waals surface area contributed by atoms with Gasteiger partial charge in [0.2, 0.25) is 0 Å². The van der Waals surface area contributed by atoms with Crippen molar-refractivity contribution in [3.8, 4) is 11.3 Å². The van der Waals surface area contributed by atoms with Gasteiger partial charge in [0.1, 0.15) is 0 Å². The number of aromatic nitrogens is 1. The molecule has 0 bridgehead atoms. The van der Waals surface area contributed by atoms with Crippen LogP contribution in [0.1, 0.15) is 121 Å². The van der Waals surface area contributed by atoms with E-state index in [1.165, 1.54) is 119 Å². The third-order valence-corrected chi connectivity index (χ3v) is 7.92. The predicted octanol–water partition coefficient (Wildman–Crippen LogP) is 9.97. The maximum absolute atomic E-state index is 4.72. The van der Waals surface area contributed by atoms with Crippen molar-refractivity contribution in [1.82, 2.24) is 4.98 Å². The molecule has 0 radical (unpaired) electrons. The topological polar surface area (TPSA) is 12.9 Å². The van der Waals surface area contributed by atoms with Crippen molar-refractivity contribution in [3.63, 3.8) is 0 Å². The van der Waals surface area contributed by atoms with E-state index in [0.29, 0.717) is 0 Å². The Morgan fingerprint density at radius 1 is 0.606 bits per heavy atom. The summed E-state index contributed by atoms with van der Waals surface area (Å²) in [6.45, 7) is 4.56. The number of aryl methyl sites for hydroxylation is 2. The summed E-state index contributed by atoms with van der Waals surface area (Å²) in [5.41, 5.74) is 5.20. The van der Waals surface area contributed by atoms with Crippen LogP contribution in [0.15, 0.2) is 42.6 Å². The summed E-state index contributed by atoms with van der Waals surface area (Å²) in [7, 11) is 0. The average molecular weight is 448 g/mol. The SMILES string of the molecule is CCCCCCCCC1CCC(CCc2ccc(-c3ccc(CCCCC)cn3)cc2)CC1. The Morgan fingerprint density at radius 2 is 1.21 bits per heavy atom. The van der Waals surface area contributed by atoms with Crippen molar-refractivity contribution < 1.29 is 0 Å². The van der Waals surface area contributed by atoms with E-state index in [9.17, 15) is 0 Å². The van der Waals surface area contributed by atoms with Gasteiger partial charge in [0.25, 0.3) is 0 Å². The minimum absolute atomic E-state index is 0.951. The van der Waals surface area contributed by atoms with Crippen LogP contribution in [0.5, 0.6) is 0 Å². The van der Waals surface area contributed by atoms with Crippen LogP contribution in [0, 0.1) is 11.8 Å². The molecule has 1 aromatic carbocycles. The van der Waals surface area contributed by atoms with E-state index >= 15 is 0 Å². The summed E-state index contributed by atoms with van der Waals surface area (Å²) in [5, 5.41) is 0. The highest BCUT2D eigenvalue weighted by atomic mass is 14.7. The quantitative estimate of drug-likeness (QED) is 0.247. The van der Waals surface area contributed by atoms with Gasteiger partial charge in [-0.25, -0.2) is 0 Å². The zero-order chi connectivity index (χ0) is 23.1. The van der Waals surface area contributed by atoms with E-state index in [1.54, 1.807) is 0 Å². The molecule has 1 aliphatic rings. The molecule has 3 rings (SSSR count). The van der Waals surface area contributed by atoms with E-state index in [1.807, 2.05) is 0 Å². The number of rotatable bonds is 15. The molecule has 1 aliphatic carbocycles. The standard InChI is InChI=1S/C32H49N/c1-3-5-7-8-9-11-12-27-14-16-28(17-15-27)18-19-29-20-23-31(24-21-29)32-25-22-30(26-33-32)13-10-6-4-2/h20-28H,3-19H2,1-2H3. The number of hydrogen-bond donors (Lipinski definition) is 0. The first-order chi connectivity index (χ1) is 16.3. The number of nitrogens with zero attached hydrogens (tertiary/aromatic N) is 1. The fraction of sp³-hybridized carbons (Fsp3) is 0.656. The molecule has 2 aromatic rings. The first-order valence-electron chi connectivity index (χ1n) is 14.3. The van der Waals surface area contributed by atoms with Crippen LogP contribution in [0.25, 0.3) is 11.3 Å². The molecule has 1 fully saturated rings. The van der Waals surface area contributed by atoms with E-state index in [4.69, 9.17) is 4.98 Å². The van der Waals surface area contributed by atoms with Gasteiger partial charge in [-0.3, -0.25) is 4.98 Å². The fourth-order valence-corrected chi connectivity index (χ4v) is 5.56. The molecule has 0 N–H and O–H groups in total. The summed E-state index contributed by atoms with van der Waals surface area (Å²) in [4.78, 5) is 4.72. The van der Waals surface area contributed by atoms with Crippen LogP contribution in [0.3, 0.4) is 0 Å². The minimum atomic E-state index is 0.951. The molecule has 0 atom stereocenters. The molecular formula is C32H49N. The highest BCUT2D eigenvalue weighted by molar-refractivity contribution is 5.59. The lowest BCUT2D eigenvalue weighted by molar-refractivity contribution is 0.248. The molecule has 1 heteroatoms. The van der Waals surface area contributed by atoms with E-state index < -0.39 is 0 Å². The van der Waals surface area contributed by atoms with Gasteiger partial charge in [-0.2, -0.15) is 0 Å². The maximum atomic E-state index is 4.72. The van der Waals surface area contributed by atoms with E-state index in [-0.39, 0.29) is 0 Å². The Balaban J connectivity index is 1.33. The Hall–Kier alpha value is -1.63. The summed E-state index contributed by atoms with van der Waals surface area (Å²) >= 11 is 0. The monoisotopic (exact) mass is 447 g/mol. The Kier molecular flexibility index (Phi) is 12.1. The highest BCUT2D eigenvalue weighted by Gasteiger charge is 2.20. The van der Waals surface area contributed by atoms with Gasteiger partial charge >= 0.3 is 0 Å². The molecule has 0 unspecified atom stereocenters. The van der Waals surface area contributed by atoms with Crippen molar-refractivity contribution in [2.75, 3.05) is 0 Å². The summed E-state index contributed by atoms with van der Waals surface area (Å²) in [6, 6.07) is 13.7. The molecule has 1 aromatic heterocycles. The molecule has 182 valence electrons. The lowest BCUT2D eigenvalue weighted by Crippen LogP contribution is -2.15. The number of unbranched alkanes of at least 4 members (excludes halogenated alkanes) is 7.